The molecule has 3 rings (SSSR count). The van der Waals surface area contributed by atoms with Gasteiger partial charge in [-0.3, -0.25) is 0 Å². The van der Waals surface area contributed by atoms with E-state index in [-0.39, 0.29) is 0 Å². The summed E-state index contributed by atoms with van der Waals surface area (Å²) in [6.07, 6.45) is 10.9. The third kappa shape index (κ3) is 3.39. The van der Waals surface area contributed by atoms with Crippen LogP contribution < -0.4 is 5.32 Å². The van der Waals surface area contributed by atoms with Gasteiger partial charge in [-0.2, -0.15) is 0 Å². The second-order valence-corrected chi connectivity index (χ2v) is 6.69. The Balaban J connectivity index is 1.57. The molecule has 1 aromatic rings. The van der Waals surface area contributed by atoms with Crippen LogP contribution in [0.3, 0.4) is 0 Å². The molecule has 1 saturated carbocycles. The predicted octanol–water partition coefficient (Wildman–Crippen LogP) is 4.10. The molecule has 2 aliphatic carbocycles. The fourth-order valence-electron chi connectivity index (χ4n) is 3.83. The van der Waals surface area contributed by atoms with Crippen molar-refractivity contribution in [3.63, 3.8) is 0 Å². The molecular formula is C18H27N. The Morgan fingerprint density at radius 1 is 0.895 bits per heavy atom. The summed E-state index contributed by atoms with van der Waals surface area (Å²) in [5, 5.41) is 3.96. The fraction of sp³-hybridized carbons (Fsp3) is 0.667. The Morgan fingerprint density at radius 2 is 1.74 bits per heavy atom. The highest BCUT2D eigenvalue weighted by Gasteiger charge is 2.22. The van der Waals surface area contributed by atoms with E-state index in [1.165, 1.54) is 51.4 Å². The zero-order chi connectivity index (χ0) is 13.1. The minimum absolute atomic E-state index is 0.716. The summed E-state index contributed by atoms with van der Waals surface area (Å²) in [6, 6.07) is 10.5. The molecule has 0 aliphatic heterocycles. The lowest BCUT2D eigenvalue weighted by Gasteiger charge is -2.29. The third-order valence-electron chi connectivity index (χ3n) is 5.08. The lowest BCUT2D eigenvalue weighted by atomic mass is 9.87. The Hall–Kier alpha value is -0.820. The highest BCUT2D eigenvalue weighted by Crippen LogP contribution is 2.25. The smallest absolute Gasteiger partial charge is 0.0113 e. The largest absolute Gasteiger partial charge is 0.311 e. The van der Waals surface area contributed by atoms with Gasteiger partial charge in [0.2, 0.25) is 0 Å². The van der Waals surface area contributed by atoms with E-state index in [0.717, 1.165) is 12.0 Å². The highest BCUT2D eigenvalue weighted by atomic mass is 14.9. The van der Waals surface area contributed by atoms with Crippen molar-refractivity contribution in [2.24, 2.45) is 5.92 Å². The van der Waals surface area contributed by atoms with Crippen LogP contribution in [-0.2, 0) is 12.8 Å². The van der Waals surface area contributed by atoms with Crippen LogP contribution in [0, 0.1) is 5.92 Å². The zero-order valence-corrected chi connectivity index (χ0v) is 12.2. The minimum atomic E-state index is 0.716. The number of fused-ring (bicyclic) bond motifs is 1. The van der Waals surface area contributed by atoms with Crippen LogP contribution in [0.25, 0.3) is 0 Å². The minimum Gasteiger partial charge on any atom is -0.311 e. The molecule has 0 amide bonds. The van der Waals surface area contributed by atoms with Crippen LogP contribution >= 0.6 is 0 Å². The summed E-state index contributed by atoms with van der Waals surface area (Å²) in [6.45, 7) is 2.42. The van der Waals surface area contributed by atoms with Gasteiger partial charge in [0.1, 0.15) is 0 Å². The normalized spacial score (nSPS) is 31.5. The molecule has 0 heterocycles. The summed E-state index contributed by atoms with van der Waals surface area (Å²) < 4.78 is 0. The van der Waals surface area contributed by atoms with Gasteiger partial charge in [-0.25, -0.2) is 0 Å². The van der Waals surface area contributed by atoms with Crippen LogP contribution in [0.1, 0.15) is 56.6 Å². The highest BCUT2D eigenvalue weighted by molar-refractivity contribution is 5.30. The van der Waals surface area contributed by atoms with Crippen molar-refractivity contribution in [2.45, 2.75) is 70.4 Å². The van der Waals surface area contributed by atoms with E-state index in [1.807, 2.05) is 0 Å². The molecule has 0 spiro atoms. The van der Waals surface area contributed by atoms with Crippen molar-refractivity contribution in [1.29, 1.82) is 0 Å². The fourth-order valence-corrected chi connectivity index (χ4v) is 3.83. The quantitative estimate of drug-likeness (QED) is 0.786. The second kappa shape index (κ2) is 6.09. The van der Waals surface area contributed by atoms with Crippen molar-refractivity contribution in [3.05, 3.63) is 35.4 Å². The van der Waals surface area contributed by atoms with Crippen molar-refractivity contribution >= 4 is 0 Å². The molecule has 3 unspecified atom stereocenters. The van der Waals surface area contributed by atoms with E-state index in [0.29, 0.717) is 6.04 Å². The van der Waals surface area contributed by atoms with Gasteiger partial charge in [0, 0.05) is 12.1 Å². The Morgan fingerprint density at radius 3 is 2.63 bits per heavy atom. The van der Waals surface area contributed by atoms with Crippen molar-refractivity contribution in [2.75, 3.05) is 0 Å². The SMILES string of the molecule is CC1CCCC(NC2CCc3ccccc3C2)CC1. The topological polar surface area (TPSA) is 12.0 Å². The molecule has 0 aromatic heterocycles. The summed E-state index contributed by atoms with van der Waals surface area (Å²) >= 11 is 0. The number of hydrogen-bond acceptors (Lipinski definition) is 1. The van der Waals surface area contributed by atoms with Gasteiger partial charge in [0.05, 0.1) is 0 Å². The number of rotatable bonds is 2. The molecule has 1 nitrogen and oxygen atoms in total. The van der Waals surface area contributed by atoms with Gasteiger partial charge in [-0.1, -0.05) is 44.0 Å². The lowest BCUT2D eigenvalue weighted by Crippen LogP contribution is -2.41. The second-order valence-electron chi connectivity index (χ2n) is 6.69. The lowest BCUT2D eigenvalue weighted by molar-refractivity contribution is 0.363. The van der Waals surface area contributed by atoms with Crippen LogP contribution in [0.2, 0.25) is 0 Å². The van der Waals surface area contributed by atoms with Gasteiger partial charge >= 0.3 is 0 Å². The van der Waals surface area contributed by atoms with Gasteiger partial charge in [0.15, 0.2) is 0 Å². The molecule has 0 radical (unpaired) electrons. The maximum atomic E-state index is 3.96. The molecule has 1 heteroatoms. The van der Waals surface area contributed by atoms with E-state index < -0.39 is 0 Å². The van der Waals surface area contributed by atoms with Gasteiger partial charge in [-0.15, -0.1) is 0 Å². The van der Waals surface area contributed by atoms with Crippen LogP contribution in [0.15, 0.2) is 24.3 Å². The first-order valence-corrected chi connectivity index (χ1v) is 8.14. The summed E-state index contributed by atoms with van der Waals surface area (Å²) in [7, 11) is 0. The predicted molar refractivity (Wildman–Crippen MR) is 81.4 cm³/mol. The first-order valence-electron chi connectivity index (χ1n) is 8.14. The van der Waals surface area contributed by atoms with Gasteiger partial charge in [-0.05, 0) is 55.6 Å². The maximum Gasteiger partial charge on any atom is 0.0113 e. The number of aryl methyl sites for hydroxylation is 1. The Bertz CT molecular complexity index is 412. The van der Waals surface area contributed by atoms with E-state index in [4.69, 9.17) is 0 Å². The van der Waals surface area contributed by atoms with E-state index in [1.54, 1.807) is 11.1 Å². The average Bonchev–Trinajstić information content (AvgIpc) is 2.64. The van der Waals surface area contributed by atoms with E-state index >= 15 is 0 Å². The zero-order valence-electron chi connectivity index (χ0n) is 12.2. The molecular weight excluding hydrogens is 230 g/mol. The van der Waals surface area contributed by atoms with Gasteiger partial charge < -0.3 is 5.32 Å². The molecule has 0 bridgehead atoms. The van der Waals surface area contributed by atoms with Gasteiger partial charge in [0.25, 0.3) is 0 Å². The summed E-state index contributed by atoms with van der Waals surface area (Å²) in [5.74, 6) is 0.943. The number of nitrogens with one attached hydrogen (secondary N) is 1. The molecule has 19 heavy (non-hydrogen) atoms. The van der Waals surface area contributed by atoms with Crippen molar-refractivity contribution in [3.8, 4) is 0 Å². The average molecular weight is 257 g/mol. The number of benzene rings is 1. The summed E-state index contributed by atoms with van der Waals surface area (Å²) in [5.41, 5.74) is 3.16. The first-order chi connectivity index (χ1) is 9.31. The first kappa shape index (κ1) is 13.2. The van der Waals surface area contributed by atoms with E-state index in [2.05, 4.69) is 36.5 Å². The van der Waals surface area contributed by atoms with Crippen molar-refractivity contribution < 1.29 is 0 Å². The molecule has 1 N–H and O–H groups in total. The standard InChI is InChI=1S/C18H27N/c1-14-5-4-8-17(11-9-14)19-18-12-10-15-6-2-3-7-16(15)13-18/h2-3,6-7,14,17-19H,4-5,8-13H2,1H3. The van der Waals surface area contributed by atoms with Crippen LogP contribution in [0.5, 0.6) is 0 Å². The molecule has 2 aliphatic rings. The van der Waals surface area contributed by atoms with Crippen LogP contribution in [-0.4, -0.2) is 12.1 Å². The summed E-state index contributed by atoms with van der Waals surface area (Å²) in [4.78, 5) is 0. The molecule has 0 saturated heterocycles. The monoisotopic (exact) mass is 257 g/mol. The Kier molecular flexibility index (Phi) is 4.22. The van der Waals surface area contributed by atoms with Crippen LogP contribution in [0.4, 0.5) is 0 Å². The Labute approximate surface area is 117 Å². The maximum absolute atomic E-state index is 3.96. The number of hydrogen-bond donors (Lipinski definition) is 1. The molecule has 3 atom stereocenters. The molecule has 1 fully saturated rings. The third-order valence-corrected chi connectivity index (χ3v) is 5.08. The molecule has 1 aromatic carbocycles. The molecule has 104 valence electrons. The van der Waals surface area contributed by atoms with Crippen molar-refractivity contribution in [1.82, 2.24) is 5.32 Å². The van der Waals surface area contributed by atoms with E-state index in [9.17, 15) is 0 Å².